The summed E-state index contributed by atoms with van der Waals surface area (Å²) in [5, 5.41) is 14.4. The first-order chi connectivity index (χ1) is 15.5. The van der Waals surface area contributed by atoms with E-state index in [0.29, 0.717) is 24.2 Å². The fourth-order valence-electron chi connectivity index (χ4n) is 3.48. The van der Waals surface area contributed by atoms with Crippen molar-refractivity contribution in [2.24, 2.45) is 0 Å². The summed E-state index contributed by atoms with van der Waals surface area (Å²) in [6.45, 7) is 4.48. The zero-order chi connectivity index (χ0) is 22.9. The van der Waals surface area contributed by atoms with Gasteiger partial charge in [-0.15, -0.1) is 0 Å². The smallest absolute Gasteiger partial charge is 0.274 e. The third-order valence-electron chi connectivity index (χ3n) is 5.50. The minimum Gasteiger partial charge on any atom is -0.340 e. The number of amides is 3. The molecule has 2 aromatic carbocycles. The van der Waals surface area contributed by atoms with E-state index < -0.39 is 11.9 Å². The molecule has 1 aliphatic rings. The monoisotopic (exact) mass is 439 g/mol. The standard InChI is InChI=1S/C23H29N5O4/c1-27-13-15-28(16-14-27)12-11-20(25-21(29)17-5-3-2-4-6-17)23(31)24-19-9-7-18(8-10-19)22(30)26-32/h2-10,20,32H,11-16H2,1H3,(H,24,31)(H,25,29)(H,26,30). The lowest BCUT2D eigenvalue weighted by molar-refractivity contribution is -0.118. The first-order valence-corrected chi connectivity index (χ1v) is 10.6. The summed E-state index contributed by atoms with van der Waals surface area (Å²) in [5.74, 6) is -1.27. The van der Waals surface area contributed by atoms with Crippen molar-refractivity contribution in [3.05, 3.63) is 65.7 Å². The normalized spacial score (nSPS) is 15.6. The molecule has 1 saturated heterocycles. The van der Waals surface area contributed by atoms with Crippen LogP contribution in [0.3, 0.4) is 0 Å². The molecular formula is C23H29N5O4. The van der Waals surface area contributed by atoms with Gasteiger partial charge in [-0.05, 0) is 49.9 Å². The molecule has 1 fully saturated rings. The van der Waals surface area contributed by atoms with Crippen molar-refractivity contribution in [2.45, 2.75) is 12.5 Å². The summed E-state index contributed by atoms with van der Waals surface area (Å²) in [7, 11) is 2.09. The summed E-state index contributed by atoms with van der Waals surface area (Å²) < 4.78 is 0. The number of hydrogen-bond acceptors (Lipinski definition) is 6. The summed E-state index contributed by atoms with van der Waals surface area (Å²) in [5.41, 5.74) is 2.80. The van der Waals surface area contributed by atoms with Gasteiger partial charge in [0.2, 0.25) is 5.91 Å². The predicted octanol–water partition coefficient (Wildman–Crippen LogP) is 1.18. The number of anilines is 1. The number of hydrogen-bond donors (Lipinski definition) is 4. The van der Waals surface area contributed by atoms with Gasteiger partial charge in [0.25, 0.3) is 11.8 Å². The van der Waals surface area contributed by atoms with E-state index in [1.165, 1.54) is 12.1 Å². The minimum absolute atomic E-state index is 0.259. The molecule has 1 atom stereocenters. The van der Waals surface area contributed by atoms with Crippen molar-refractivity contribution in [3.8, 4) is 0 Å². The molecule has 9 nitrogen and oxygen atoms in total. The lowest BCUT2D eigenvalue weighted by Crippen LogP contribution is -2.49. The fourth-order valence-corrected chi connectivity index (χ4v) is 3.48. The molecule has 2 aromatic rings. The van der Waals surface area contributed by atoms with Crippen molar-refractivity contribution < 1.29 is 19.6 Å². The Morgan fingerprint density at radius 2 is 1.53 bits per heavy atom. The Morgan fingerprint density at radius 3 is 2.16 bits per heavy atom. The van der Waals surface area contributed by atoms with Gasteiger partial charge in [-0.3, -0.25) is 19.6 Å². The molecule has 1 unspecified atom stereocenters. The maximum atomic E-state index is 13.0. The Labute approximate surface area is 187 Å². The maximum Gasteiger partial charge on any atom is 0.274 e. The highest BCUT2D eigenvalue weighted by atomic mass is 16.5. The molecule has 3 rings (SSSR count). The lowest BCUT2D eigenvalue weighted by atomic mass is 10.1. The third kappa shape index (κ3) is 6.61. The highest BCUT2D eigenvalue weighted by Gasteiger charge is 2.23. The second-order valence-corrected chi connectivity index (χ2v) is 7.83. The topological polar surface area (TPSA) is 114 Å². The molecule has 32 heavy (non-hydrogen) atoms. The highest BCUT2D eigenvalue weighted by Crippen LogP contribution is 2.12. The minimum atomic E-state index is -0.720. The van der Waals surface area contributed by atoms with Crippen LogP contribution in [0.15, 0.2) is 54.6 Å². The summed E-state index contributed by atoms with van der Waals surface area (Å²) in [6, 6.07) is 14.2. The van der Waals surface area contributed by atoms with E-state index in [2.05, 4.69) is 27.5 Å². The first kappa shape index (κ1) is 23.4. The van der Waals surface area contributed by atoms with Crippen LogP contribution in [0.25, 0.3) is 0 Å². The molecule has 1 heterocycles. The van der Waals surface area contributed by atoms with Crippen LogP contribution < -0.4 is 16.1 Å². The molecule has 0 bridgehead atoms. The highest BCUT2D eigenvalue weighted by molar-refractivity contribution is 6.01. The second-order valence-electron chi connectivity index (χ2n) is 7.83. The van der Waals surface area contributed by atoms with Crippen LogP contribution in [0.4, 0.5) is 5.69 Å². The van der Waals surface area contributed by atoms with Crippen LogP contribution in [0.2, 0.25) is 0 Å². The number of carbonyl (C=O) groups excluding carboxylic acids is 3. The molecule has 9 heteroatoms. The van der Waals surface area contributed by atoms with Gasteiger partial charge in [0, 0.05) is 49.5 Å². The molecule has 3 amide bonds. The van der Waals surface area contributed by atoms with Crippen LogP contribution in [-0.2, 0) is 4.79 Å². The third-order valence-corrected chi connectivity index (χ3v) is 5.50. The van der Waals surface area contributed by atoms with Crippen LogP contribution in [0, 0.1) is 0 Å². The number of nitrogens with one attached hydrogen (secondary N) is 3. The molecule has 4 N–H and O–H groups in total. The molecule has 170 valence electrons. The number of likely N-dealkylation sites (N-methyl/N-ethyl adjacent to an activating group) is 1. The van der Waals surface area contributed by atoms with Crippen molar-refractivity contribution in [1.82, 2.24) is 20.6 Å². The van der Waals surface area contributed by atoms with Gasteiger partial charge in [-0.25, -0.2) is 5.48 Å². The quantitative estimate of drug-likeness (QED) is 0.363. The molecule has 0 aliphatic carbocycles. The largest absolute Gasteiger partial charge is 0.340 e. The van der Waals surface area contributed by atoms with Gasteiger partial charge < -0.3 is 20.4 Å². The number of rotatable bonds is 8. The molecule has 0 radical (unpaired) electrons. The van der Waals surface area contributed by atoms with Gasteiger partial charge in [-0.2, -0.15) is 0 Å². The Hall–Kier alpha value is -3.27. The molecule has 0 aromatic heterocycles. The average Bonchev–Trinajstić information content (AvgIpc) is 2.83. The molecule has 0 saturated carbocycles. The lowest BCUT2D eigenvalue weighted by Gasteiger charge is -2.33. The van der Waals surface area contributed by atoms with Crippen molar-refractivity contribution in [3.63, 3.8) is 0 Å². The summed E-state index contributed by atoms with van der Waals surface area (Å²) >= 11 is 0. The molecule has 0 spiro atoms. The predicted molar refractivity (Wildman–Crippen MR) is 121 cm³/mol. The van der Waals surface area contributed by atoms with E-state index >= 15 is 0 Å². The van der Waals surface area contributed by atoms with E-state index in [0.717, 1.165) is 26.2 Å². The fraction of sp³-hybridized carbons (Fsp3) is 0.348. The summed E-state index contributed by atoms with van der Waals surface area (Å²) in [4.78, 5) is 41.7. The Morgan fingerprint density at radius 1 is 0.906 bits per heavy atom. The van der Waals surface area contributed by atoms with Crippen LogP contribution in [0.1, 0.15) is 27.1 Å². The van der Waals surface area contributed by atoms with Crippen molar-refractivity contribution in [1.29, 1.82) is 0 Å². The van der Waals surface area contributed by atoms with Crippen molar-refractivity contribution in [2.75, 3.05) is 45.1 Å². The molecule has 1 aliphatic heterocycles. The Balaban J connectivity index is 1.66. The van der Waals surface area contributed by atoms with Crippen LogP contribution in [-0.4, -0.2) is 78.5 Å². The van der Waals surface area contributed by atoms with E-state index in [9.17, 15) is 14.4 Å². The number of carbonyl (C=O) groups is 3. The van der Waals surface area contributed by atoms with E-state index in [1.807, 2.05) is 6.07 Å². The first-order valence-electron chi connectivity index (χ1n) is 10.6. The maximum absolute atomic E-state index is 13.0. The number of benzene rings is 2. The zero-order valence-corrected chi connectivity index (χ0v) is 18.1. The average molecular weight is 440 g/mol. The van der Waals surface area contributed by atoms with E-state index in [4.69, 9.17) is 5.21 Å². The Bertz CT molecular complexity index is 912. The van der Waals surface area contributed by atoms with Gasteiger partial charge in [0.1, 0.15) is 6.04 Å². The van der Waals surface area contributed by atoms with Crippen LogP contribution >= 0.6 is 0 Å². The summed E-state index contributed by atoms with van der Waals surface area (Å²) in [6.07, 6.45) is 0.471. The van der Waals surface area contributed by atoms with Gasteiger partial charge in [-0.1, -0.05) is 18.2 Å². The second kappa shape index (κ2) is 11.4. The van der Waals surface area contributed by atoms with Crippen molar-refractivity contribution >= 4 is 23.4 Å². The van der Waals surface area contributed by atoms with E-state index in [-0.39, 0.29) is 17.4 Å². The molecular weight excluding hydrogens is 410 g/mol. The van der Waals surface area contributed by atoms with Gasteiger partial charge >= 0.3 is 0 Å². The number of hydroxylamine groups is 1. The number of piperazine rings is 1. The zero-order valence-electron chi connectivity index (χ0n) is 18.1. The van der Waals surface area contributed by atoms with Gasteiger partial charge in [0.05, 0.1) is 0 Å². The number of nitrogens with zero attached hydrogens (tertiary/aromatic N) is 2. The Kier molecular flexibility index (Phi) is 8.32. The van der Waals surface area contributed by atoms with Crippen LogP contribution in [0.5, 0.6) is 0 Å². The van der Waals surface area contributed by atoms with E-state index in [1.54, 1.807) is 41.9 Å². The van der Waals surface area contributed by atoms with Gasteiger partial charge in [0.15, 0.2) is 0 Å². The SMILES string of the molecule is CN1CCN(CCC(NC(=O)c2ccccc2)C(=O)Nc2ccc(C(=O)NO)cc2)CC1.